The largest absolute Gasteiger partial charge is 0.378 e. The number of imidazole rings is 1. The molecular formula is C33H36N6OS. The third-order valence-electron chi connectivity index (χ3n) is 7.74. The van der Waals surface area contributed by atoms with E-state index < -0.39 is 0 Å². The van der Waals surface area contributed by atoms with Crippen LogP contribution in [0.25, 0.3) is 27.6 Å². The predicted octanol–water partition coefficient (Wildman–Crippen LogP) is 8.16. The lowest BCUT2D eigenvalue weighted by atomic mass is 10.1. The molecule has 0 aliphatic heterocycles. The molecule has 0 atom stereocenters. The van der Waals surface area contributed by atoms with E-state index in [0.29, 0.717) is 0 Å². The van der Waals surface area contributed by atoms with Crippen LogP contribution in [0.15, 0.2) is 82.3 Å². The third kappa shape index (κ3) is 5.20. The molecule has 6 rings (SSSR count). The minimum Gasteiger partial charge on any atom is -0.378 e. The zero-order valence-electron chi connectivity index (χ0n) is 24.3. The minimum atomic E-state index is 0.754. The number of nitrogens with zero attached hydrogens (tertiary/aromatic N) is 5. The summed E-state index contributed by atoms with van der Waals surface area (Å²) in [7, 11) is 4.17. The molecule has 41 heavy (non-hydrogen) atoms. The summed E-state index contributed by atoms with van der Waals surface area (Å²) in [6.07, 6.45) is 5.52. The first-order valence-corrected chi connectivity index (χ1v) is 15.0. The van der Waals surface area contributed by atoms with Crippen LogP contribution in [0.4, 0.5) is 11.5 Å². The highest BCUT2D eigenvalue weighted by Crippen LogP contribution is 2.34. The molecule has 0 bridgehead atoms. The van der Waals surface area contributed by atoms with E-state index in [1.54, 1.807) is 11.9 Å². The molecule has 8 heteroatoms. The first-order chi connectivity index (χ1) is 19.9. The molecule has 6 aromatic rings. The molecule has 7 nitrogen and oxygen atoms in total. The zero-order chi connectivity index (χ0) is 28.5. The average molecular weight is 565 g/mol. The second kappa shape index (κ2) is 11.4. The van der Waals surface area contributed by atoms with Crippen molar-refractivity contribution in [2.24, 2.45) is 0 Å². The van der Waals surface area contributed by atoms with Gasteiger partial charge in [0.1, 0.15) is 11.6 Å². The van der Waals surface area contributed by atoms with Gasteiger partial charge in [-0.15, -0.1) is 0 Å². The average Bonchev–Trinajstić information content (AvgIpc) is 3.64. The second-order valence-electron chi connectivity index (χ2n) is 10.7. The molecule has 3 aromatic carbocycles. The van der Waals surface area contributed by atoms with Crippen molar-refractivity contribution in [3.05, 3.63) is 95.6 Å². The van der Waals surface area contributed by atoms with E-state index in [0.717, 1.165) is 64.9 Å². The monoisotopic (exact) mass is 564 g/mol. The van der Waals surface area contributed by atoms with Gasteiger partial charge in [-0.25, -0.2) is 4.98 Å². The Morgan fingerprint density at radius 2 is 1.78 bits per heavy atom. The summed E-state index contributed by atoms with van der Waals surface area (Å²) in [6.45, 7) is 6.94. The molecule has 210 valence electrons. The third-order valence-corrected chi connectivity index (χ3v) is 8.60. The zero-order valence-corrected chi connectivity index (χ0v) is 25.1. The maximum Gasteiger partial charge on any atom is 0.182 e. The van der Waals surface area contributed by atoms with Crippen molar-refractivity contribution in [1.29, 1.82) is 0 Å². The van der Waals surface area contributed by atoms with Gasteiger partial charge >= 0.3 is 0 Å². The van der Waals surface area contributed by atoms with E-state index in [2.05, 4.69) is 118 Å². The summed E-state index contributed by atoms with van der Waals surface area (Å²) in [5.74, 6) is 2.72. The van der Waals surface area contributed by atoms with E-state index in [1.165, 1.54) is 27.7 Å². The van der Waals surface area contributed by atoms with Gasteiger partial charge in [-0.2, -0.15) is 0 Å². The molecule has 0 aliphatic carbocycles. The molecule has 3 aromatic heterocycles. The maximum atomic E-state index is 5.35. The highest BCUT2D eigenvalue weighted by Gasteiger charge is 2.18. The molecule has 1 N–H and O–H groups in total. The molecule has 0 saturated heterocycles. The molecule has 0 spiro atoms. The van der Waals surface area contributed by atoms with Crippen molar-refractivity contribution < 1.29 is 4.52 Å². The van der Waals surface area contributed by atoms with Crippen LogP contribution in [-0.2, 0) is 13.0 Å². The Bertz CT molecular complexity index is 1830. The fourth-order valence-electron chi connectivity index (χ4n) is 5.25. The van der Waals surface area contributed by atoms with Gasteiger partial charge in [-0.1, -0.05) is 48.8 Å². The van der Waals surface area contributed by atoms with Gasteiger partial charge in [-0.3, -0.25) is 0 Å². The number of rotatable bonds is 10. The molecular weight excluding hydrogens is 528 g/mol. The Kier molecular flexibility index (Phi) is 7.49. The van der Waals surface area contributed by atoms with Crippen LogP contribution < -0.4 is 9.62 Å². The van der Waals surface area contributed by atoms with Crippen LogP contribution in [0.2, 0.25) is 0 Å². The molecule has 0 unspecified atom stereocenters. The van der Waals surface area contributed by atoms with Gasteiger partial charge in [0, 0.05) is 43.4 Å². The number of aromatic nitrogens is 4. The molecule has 0 saturated carbocycles. The molecule has 0 radical (unpaired) electrons. The summed E-state index contributed by atoms with van der Waals surface area (Å²) < 4.78 is 13.5. The molecule has 0 fully saturated rings. The lowest BCUT2D eigenvalue weighted by Crippen LogP contribution is -2.09. The first-order valence-electron chi connectivity index (χ1n) is 14.1. The Labute approximate surface area is 245 Å². The van der Waals surface area contributed by atoms with Crippen molar-refractivity contribution in [2.75, 3.05) is 23.7 Å². The van der Waals surface area contributed by atoms with Gasteiger partial charge in [0.05, 0.1) is 33.7 Å². The number of hydrogen-bond acceptors (Lipinski definition) is 6. The van der Waals surface area contributed by atoms with Crippen LogP contribution >= 0.6 is 11.9 Å². The van der Waals surface area contributed by atoms with E-state index >= 15 is 0 Å². The highest BCUT2D eigenvalue weighted by molar-refractivity contribution is 8.00. The van der Waals surface area contributed by atoms with E-state index in [1.807, 2.05) is 13.8 Å². The Balaban J connectivity index is 1.42. The van der Waals surface area contributed by atoms with Crippen LogP contribution in [0, 0.1) is 13.8 Å². The summed E-state index contributed by atoms with van der Waals surface area (Å²) in [4.78, 5) is 8.34. The number of hydrogen-bond donors (Lipinski definition) is 1. The fourth-order valence-corrected chi connectivity index (χ4v) is 6.06. The summed E-state index contributed by atoms with van der Waals surface area (Å²) >= 11 is 1.55. The first kappa shape index (κ1) is 27.0. The Hall–Kier alpha value is -4.17. The smallest absolute Gasteiger partial charge is 0.182 e. The minimum absolute atomic E-state index is 0.754. The molecule has 3 heterocycles. The van der Waals surface area contributed by atoms with E-state index in [-0.39, 0.29) is 0 Å². The number of nitrogens with one attached hydrogen (secondary N) is 1. The summed E-state index contributed by atoms with van der Waals surface area (Å²) in [5.41, 5.74) is 7.99. The number of aryl methyl sites for hydroxylation is 2. The normalized spacial score (nSPS) is 11.5. The number of fused-ring (bicyclic) bond motifs is 2. The molecule has 0 amide bonds. The van der Waals surface area contributed by atoms with Gasteiger partial charge in [0.2, 0.25) is 0 Å². The van der Waals surface area contributed by atoms with Gasteiger partial charge < -0.3 is 23.3 Å². The quantitative estimate of drug-likeness (QED) is 0.169. The van der Waals surface area contributed by atoms with Crippen LogP contribution in [0.1, 0.15) is 42.5 Å². The van der Waals surface area contributed by atoms with Gasteiger partial charge in [0.15, 0.2) is 5.82 Å². The van der Waals surface area contributed by atoms with Crippen molar-refractivity contribution in [3.8, 4) is 5.69 Å². The predicted molar refractivity (Wildman–Crippen MR) is 171 cm³/mol. The van der Waals surface area contributed by atoms with Gasteiger partial charge in [0.25, 0.3) is 0 Å². The lowest BCUT2D eigenvalue weighted by Gasteiger charge is -2.14. The van der Waals surface area contributed by atoms with Crippen molar-refractivity contribution in [1.82, 2.24) is 19.3 Å². The molecule has 0 aliphatic rings. The Morgan fingerprint density at radius 1 is 0.976 bits per heavy atom. The number of anilines is 2. The van der Waals surface area contributed by atoms with Crippen LogP contribution in [0.5, 0.6) is 0 Å². The van der Waals surface area contributed by atoms with Crippen molar-refractivity contribution >= 4 is 45.4 Å². The van der Waals surface area contributed by atoms with E-state index in [9.17, 15) is 0 Å². The fraction of sp³-hybridized carbons (Fsp3) is 0.273. The summed E-state index contributed by atoms with van der Waals surface area (Å²) in [6, 6.07) is 23.7. The number of unbranched alkanes of at least 4 members (excludes halogenated alkanes) is 1. The van der Waals surface area contributed by atoms with Gasteiger partial charge in [-0.05, 0) is 74.2 Å². The maximum absolute atomic E-state index is 5.35. The second-order valence-corrected chi connectivity index (χ2v) is 11.6. The van der Waals surface area contributed by atoms with Crippen molar-refractivity contribution in [2.45, 2.75) is 51.5 Å². The number of para-hydroxylation sites is 2. The lowest BCUT2D eigenvalue weighted by molar-refractivity contribution is 0.399. The SMILES string of the molecule is CCCCc1nc2ccc(N(C)C)cc2n1Cc1cn(-c2ccccc2SNc2noc(C)c2C)c2ccccc12. The van der Waals surface area contributed by atoms with Crippen LogP contribution in [0.3, 0.4) is 0 Å². The number of benzene rings is 3. The standard InChI is InChI=1S/C33H36N6OS/c1-6-7-16-32-34-27-18-17-25(37(4)5)19-30(27)39(32)21-24-20-38(28-13-9-8-12-26(24)28)29-14-10-11-15-31(29)41-36-33-22(2)23(3)40-35-33/h8-15,17-20H,6-7,16,21H2,1-5H3,(H,35,36). The van der Waals surface area contributed by atoms with Crippen molar-refractivity contribution in [3.63, 3.8) is 0 Å². The summed E-state index contributed by atoms with van der Waals surface area (Å²) in [5, 5.41) is 5.42. The highest BCUT2D eigenvalue weighted by atomic mass is 32.2. The van der Waals surface area contributed by atoms with Crippen LogP contribution in [-0.4, -0.2) is 33.4 Å². The van der Waals surface area contributed by atoms with E-state index in [4.69, 9.17) is 9.51 Å². The Morgan fingerprint density at radius 3 is 2.56 bits per heavy atom. The topological polar surface area (TPSA) is 64.1 Å².